The van der Waals surface area contributed by atoms with Gasteiger partial charge in [0.2, 0.25) is 0 Å². The van der Waals surface area contributed by atoms with Crippen molar-refractivity contribution in [3.05, 3.63) is 65.2 Å². The molecule has 2 amide bonds. The maximum Gasteiger partial charge on any atom is 0.252 e. The zero-order chi connectivity index (χ0) is 18.9. The SMILES string of the molecule is CC(C)CCNC(=O)c1cncc(C(=O)NCCc2ccc(F)cc2)c1. The molecule has 0 spiro atoms. The lowest BCUT2D eigenvalue weighted by Crippen LogP contribution is -2.28. The third-order valence-corrected chi connectivity index (χ3v) is 3.88. The van der Waals surface area contributed by atoms with Crippen LogP contribution in [0.15, 0.2) is 42.7 Å². The van der Waals surface area contributed by atoms with Gasteiger partial charge < -0.3 is 10.6 Å². The Morgan fingerprint density at radius 1 is 1.00 bits per heavy atom. The van der Waals surface area contributed by atoms with E-state index in [2.05, 4.69) is 29.5 Å². The first-order valence-electron chi connectivity index (χ1n) is 8.71. The maximum atomic E-state index is 12.9. The predicted molar refractivity (Wildman–Crippen MR) is 98.5 cm³/mol. The van der Waals surface area contributed by atoms with Gasteiger partial charge in [0.1, 0.15) is 5.82 Å². The summed E-state index contributed by atoms with van der Waals surface area (Å²) >= 11 is 0. The molecule has 0 atom stereocenters. The standard InChI is InChI=1S/C20H24FN3O2/c1-14(2)7-9-23-19(25)16-11-17(13-22-12-16)20(26)24-10-8-15-3-5-18(21)6-4-15/h3-6,11-14H,7-10H2,1-2H3,(H,23,25)(H,24,26). The number of hydrogen-bond acceptors (Lipinski definition) is 3. The van der Waals surface area contributed by atoms with E-state index in [-0.39, 0.29) is 17.6 Å². The van der Waals surface area contributed by atoms with E-state index in [9.17, 15) is 14.0 Å². The highest BCUT2D eigenvalue weighted by Gasteiger charge is 2.11. The Hall–Kier alpha value is -2.76. The van der Waals surface area contributed by atoms with E-state index < -0.39 is 0 Å². The van der Waals surface area contributed by atoms with Gasteiger partial charge in [0, 0.05) is 25.5 Å². The average Bonchev–Trinajstić information content (AvgIpc) is 2.63. The van der Waals surface area contributed by atoms with Crippen LogP contribution >= 0.6 is 0 Å². The summed E-state index contributed by atoms with van der Waals surface area (Å²) < 4.78 is 12.9. The average molecular weight is 357 g/mol. The zero-order valence-electron chi connectivity index (χ0n) is 15.1. The van der Waals surface area contributed by atoms with Crippen molar-refractivity contribution < 1.29 is 14.0 Å². The number of carbonyl (C=O) groups excluding carboxylic acids is 2. The van der Waals surface area contributed by atoms with Gasteiger partial charge in [0.25, 0.3) is 11.8 Å². The lowest BCUT2D eigenvalue weighted by atomic mass is 10.1. The maximum absolute atomic E-state index is 12.9. The molecule has 2 N–H and O–H groups in total. The molecule has 1 heterocycles. The van der Waals surface area contributed by atoms with Gasteiger partial charge in [-0.05, 0) is 42.5 Å². The fourth-order valence-corrected chi connectivity index (χ4v) is 2.34. The van der Waals surface area contributed by atoms with Crippen molar-refractivity contribution in [2.24, 2.45) is 5.92 Å². The molecule has 138 valence electrons. The molecule has 0 aliphatic heterocycles. The van der Waals surface area contributed by atoms with Crippen molar-refractivity contribution in [2.75, 3.05) is 13.1 Å². The van der Waals surface area contributed by atoms with E-state index in [1.54, 1.807) is 12.1 Å². The van der Waals surface area contributed by atoms with Gasteiger partial charge in [-0.25, -0.2) is 4.39 Å². The normalized spacial score (nSPS) is 10.6. The second-order valence-electron chi connectivity index (χ2n) is 6.53. The van der Waals surface area contributed by atoms with Crippen molar-refractivity contribution in [3.8, 4) is 0 Å². The molecule has 26 heavy (non-hydrogen) atoms. The molecule has 0 fully saturated rings. The van der Waals surface area contributed by atoms with Crippen LogP contribution in [0.4, 0.5) is 4.39 Å². The Kier molecular flexibility index (Phi) is 7.26. The monoisotopic (exact) mass is 357 g/mol. The third-order valence-electron chi connectivity index (χ3n) is 3.88. The summed E-state index contributed by atoms with van der Waals surface area (Å²) in [5.41, 5.74) is 1.63. The number of amides is 2. The van der Waals surface area contributed by atoms with Crippen molar-refractivity contribution in [1.29, 1.82) is 0 Å². The van der Waals surface area contributed by atoms with Crippen molar-refractivity contribution in [1.82, 2.24) is 15.6 Å². The van der Waals surface area contributed by atoms with Crippen LogP contribution in [0.2, 0.25) is 0 Å². The Balaban J connectivity index is 1.86. The largest absolute Gasteiger partial charge is 0.352 e. The molecule has 0 unspecified atom stereocenters. The van der Waals surface area contributed by atoms with Crippen LogP contribution in [-0.2, 0) is 6.42 Å². The summed E-state index contributed by atoms with van der Waals surface area (Å²) in [5.74, 6) is -0.311. The van der Waals surface area contributed by atoms with Crippen LogP contribution in [0.1, 0.15) is 46.5 Å². The van der Waals surface area contributed by atoms with E-state index in [4.69, 9.17) is 0 Å². The second-order valence-corrected chi connectivity index (χ2v) is 6.53. The first kappa shape index (κ1) is 19.6. The minimum absolute atomic E-state index is 0.237. The van der Waals surface area contributed by atoms with Gasteiger partial charge in [0.15, 0.2) is 0 Å². The van der Waals surface area contributed by atoms with Gasteiger partial charge in [-0.2, -0.15) is 0 Å². The van der Waals surface area contributed by atoms with Gasteiger partial charge in [0.05, 0.1) is 11.1 Å². The van der Waals surface area contributed by atoms with E-state index in [1.807, 2.05) is 0 Å². The quantitative estimate of drug-likeness (QED) is 0.763. The van der Waals surface area contributed by atoms with Crippen LogP contribution in [0.5, 0.6) is 0 Å². The molecule has 5 nitrogen and oxygen atoms in total. The number of aromatic nitrogens is 1. The fraction of sp³-hybridized carbons (Fsp3) is 0.350. The number of hydrogen-bond donors (Lipinski definition) is 2. The Bertz CT molecular complexity index is 745. The Morgan fingerprint density at radius 2 is 1.58 bits per heavy atom. The Labute approximate surface area is 153 Å². The number of rotatable bonds is 8. The van der Waals surface area contributed by atoms with Crippen molar-refractivity contribution in [2.45, 2.75) is 26.7 Å². The number of pyridine rings is 1. The molecule has 0 aliphatic rings. The summed E-state index contributed by atoms with van der Waals surface area (Å²) in [5, 5.41) is 5.61. The number of nitrogens with one attached hydrogen (secondary N) is 2. The highest BCUT2D eigenvalue weighted by atomic mass is 19.1. The first-order chi connectivity index (χ1) is 12.5. The number of halogens is 1. The van der Waals surface area contributed by atoms with E-state index in [0.717, 1.165) is 12.0 Å². The van der Waals surface area contributed by atoms with E-state index in [1.165, 1.54) is 30.6 Å². The van der Waals surface area contributed by atoms with Crippen LogP contribution in [0.25, 0.3) is 0 Å². The van der Waals surface area contributed by atoms with Crippen LogP contribution in [0.3, 0.4) is 0 Å². The van der Waals surface area contributed by atoms with Crippen LogP contribution in [0, 0.1) is 11.7 Å². The lowest BCUT2D eigenvalue weighted by molar-refractivity contribution is 0.0951. The summed E-state index contributed by atoms with van der Waals surface area (Å²) in [6.45, 7) is 5.18. The zero-order valence-corrected chi connectivity index (χ0v) is 15.1. The molecule has 0 saturated heterocycles. The van der Waals surface area contributed by atoms with Crippen LogP contribution < -0.4 is 10.6 Å². The summed E-state index contributed by atoms with van der Waals surface area (Å²) in [6, 6.07) is 7.69. The fourth-order valence-electron chi connectivity index (χ4n) is 2.34. The van der Waals surface area contributed by atoms with Crippen molar-refractivity contribution in [3.63, 3.8) is 0 Å². The molecule has 0 bridgehead atoms. The van der Waals surface area contributed by atoms with Gasteiger partial charge in [-0.15, -0.1) is 0 Å². The highest BCUT2D eigenvalue weighted by molar-refractivity contribution is 5.99. The summed E-state index contributed by atoms with van der Waals surface area (Å²) in [6.07, 6.45) is 4.36. The van der Waals surface area contributed by atoms with E-state index in [0.29, 0.717) is 36.6 Å². The lowest BCUT2D eigenvalue weighted by Gasteiger charge is -2.09. The van der Waals surface area contributed by atoms with Crippen molar-refractivity contribution >= 4 is 11.8 Å². The smallest absolute Gasteiger partial charge is 0.252 e. The molecule has 0 radical (unpaired) electrons. The number of nitrogens with zero attached hydrogens (tertiary/aromatic N) is 1. The van der Waals surface area contributed by atoms with Crippen LogP contribution in [-0.4, -0.2) is 29.9 Å². The molecule has 2 aromatic rings. The summed E-state index contributed by atoms with van der Waals surface area (Å²) in [7, 11) is 0. The van der Waals surface area contributed by atoms with Gasteiger partial charge >= 0.3 is 0 Å². The molecule has 0 saturated carbocycles. The highest BCUT2D eigenvalue weighted by Crippen LogP contribution is 2.05. The molecular weight excluding hydrogens is 333 g/mol. The molecule has 1 aromatic heterocycles. The van der Waals surface area contributed by atoms with Gasteiger partial charge in [-0.3, -0.25) is 14.6 Å². The molecule has 0 aliphatic carbocycles. The topological polar surface area (TPSA) is 71.1 Å². The second kappa shape index (κ2) is 9.65. The van der Waals surface area contributed by atoms with Gasteiger partial charge in [-0.1, -0.05) is 26.0 Å². The number of benzene rings is 1. The molecule has 6 heteroatoms. The number of carbonyl (C=O) groups is 2. The molecule has 2 rings (SSSR count). The first-order valence-corrected chi connectivity index (χ1v) is 8.71. The minimum Gasteiger partial charge on any atom is -0.352 e. The third kappa shape index (κ3) is 6.27. The Morgan fingerprint density at radius 3 is 2.15 bits per heavy atom. The van der Waals surface area contributed by atoms with E-state index >= 15 is 0 Å². The minimum atomic E-state index is -0.295. The molecular formula is C20H24FN3O2. The summed E-state index contributed by atoms with van der Waals surface area (Å²) in [4.78, 5) is 28.3. The molecule has 1 aromatic carbocycles. The predicted octanol–water partition coefficient (Wildman–Crippen LogP) is 2.97.